The van der Waals surface area contributed by atoms with E-state index in [2.05, 4.69) is 98.9 Å². The highest BCUT2D eigenvalue weighted by atomic mass is 31.1. The largest absolute Gasteiger partial charge is 0.497 e. The van der Waals surface area contributed by atoms with Crippen LogP contribution >= 0.6 is 7.92 Å². The van der Waals surface area contributed by atoms with Crippen LogP contribution in [0.15, 0.2) is 78.9 Å². The summed E-state index contributed by atoms with van der Waals surface area (Å²) in [6.07, 6.45) is 0. The van der Waals surface area contributed by atoms with Gasteiger partial charge in [-0.2, -0.15) is 0 Å². The Morgan fingerprint density at radius 3 is 1.77 bits per heavy atom. The number of hydrogen-bond acceptors (Lipinski definition) is 2. The molecule has 1 N–H and O–H groups in total. The second kappa shape index (κ2) is 7.93. The molecule has 134 valence electrons. The Bertz CT molecular complexity index is 802. The normalized spacial score (nSPS) is 11.4. The van der Waals surface area contributed by atoms with E-state index in [0.717, 1.165) is 11.4 Å². The fraction of sp³-hybridized carbons (Fsp3) is 0.217. The first-order valence-corrected chi connectivity index (χ1v) is 10.2. The van der Waals surface area contributed by atoms with Crippen LogP contribution in [0.25, 0.3) is 0 Å². The van der Waals surface area contributed by atoms with Crippen LogP contribution in [0.5, 0.6) is 5.75 Å². The maximum Gasteiger partial charge on any atom is 0.119 e. The average molecular weight is 363 g/mol. The van der Waals surface area contributed by atoms with E-state index in [4.69, 9.17) is 4.74 Å². The monoisotopic (exact) mass is 363 g/mol. The van der Waals surface area contributed by atoms with Crippen LogP contribution in [0, 0.1) is 0 Å². The van der Waals surface area contributed by atoms with E-state index in [1.807, 2.05) is 6.07 Å². The van der Waals surface area contributed by atoms with E-state index in [9.17, 15) is 0 Å². The number of nitrogens with one attached hydrogen (secondary N) is 1. The van der Waals surface area contributed by atoms with Gasteiger partial charge in [0.25, 0.3) is 0 Å². The summed E-state index contributed by atoms with van der Waals surface area (Å²) in [6.45, 7) is 6.57. The fourth-order valence-electron chi connectivity index (χ4n) is 2.91. The van der Waals surface area contributed by atoms with Crippen molar-refractivity contribution >= 4 is 29.5 Å². The van der Waals surface area contributed by atoms with E-state index in [-0.39, 0.29) is 5.54 Å². The topological polar surface area (TPSA) is 21.3 Å². The lowest BCUT2D eigenvalue weighted by Gasteiger charge is -2.28. The van der Waals surface area contributed by atoms with Gasteiger partial charge in [-0.1, -0.05) is 60.7 Å². The van der Waals surface area contributed by atoms with Crippen molar-refractivity contribution in [2.45, 2.75) is 26.3 Å². The molecule has 3 rings (SSSR count). The lowest BCUT2D eigenvalue weighted by Crippen LogP contribution is -2.31. The summed E-state index contributed by atoms with van der Waals surface area (Å²) in [5.74, 6) is 0.888. The second-order valence-electron chi connectivity index (χ2n) is 7.26. The molecule has 0 bridgehead atoms. The van der Waals surface area contributed by atoms with E-state index in [1.165, 1.54) is 15.9 Å². The van der Waals surface area contributed by atoms with Crippen molar-refractivity contribution in [3.8, 4) is 5.75 Å². The molecule has 0 atom stereocenters. The molecule has 3 aromatic carbocycles. The van der Waals surface area contributed by atoms with Crippen LogP contribution in [-0.4, -0.2) is 12.6 Å². The summed E-state index contributed by atoms with van der Waals surface area (Å²) in [4.78, 5) is 0. The minimum absolute atomic E-state index is 0.0162. The minimum atomic E-state index is -0.684. The molecule has 0 aromatic heterocycles. The summed E-state index contributed by atoms with van der Waals surface area (Å²) in [7, 11) is 1.04. The summed E-state index contributed by atoms with van der Waals surface area (Å²) in [6, 6.07) is 27.8. The van der Waals surface area contributed by atoms with Crippen molar-refractivity contribution < 1.29 is 4.74 Å². The van der Waals surface area contributed by atoms with Gasteiger partial charge < -0.3 is 10.1 Å². The predicted molar refractivity (Wildman–Crippen MR) is 115 cm³/mol. The van der Waals surface area contributed by atoms with Crippen LogP contribution in [0.1, 0.15) is 20.8 Å². The summed E-state index contributed by atoms with van der Waals surface area (Å²) in [5.41, 5.74) is 1.15. The predicted octanol–water partition coefficient (Wildman–Crippen LogP) is 4.66. The minimum Gasteiger partial charge on any atom is -0.497 e. The summed E-state index contributed by atoms with van der Waals surface area (Å²) < 4.78 is 5.54. The Labute approximate surface area is 158 Å². The van der Waals surface area contributed by atoms with Gasteiger partial charge in [0.1, 0.15) is 5.75 Å². The summed E-state index contributed by atoms with van der Waals surface area (Å²) in [5, 5.41) is 7.63. The number of benzene rings is 3. The molecule has 0 aliphatic rings. The van der Waals surface area contributed by atoms with E-state index in [1.54, 1.807) is 7.11 Å². The molecule has 0 aliphatic heterocycles. The highest BCUT2D eigenvalue weighted by Crippen LogP contribution is 2.37. The molecular formula is C23H26NOP. The smallest absolute Gasteiger partial charge is 0.119 e. The Balaban J connectivity index is 2.20. The Morgan fingerprint density at radius 1 is 0.769 bits per heavy atom. The third-order valence-corrected chi connectivity index (χ3v) is 6.47. The Morgan fingerprint density at radius 2 is 1.31 bits per heavy atom. The first-order valence-electron chi connectivity index (χ1n) is 8.84. The van der Waals surface area contributed by atoms with Crippen molar-refractivity contribution in [1.82, 2.24) is 0 Å². The second-order valence-corrected chi connectivity index (χ2v) is 9.45. The van der Waals surface area contributed by atoms with Crippen molar-refractivity contribution in [3.63, 3.8) is 0 Å². The first kappa shape index (κ1) is 18.5. The van der Waals surface area contributed by atoms with Gasteiger partial charge in [-0.15, -0.1) is 0 Å². The highest BCUT2D eigenvalue weighted by Gasteiger charge is 2.22. The zero-order chi connectivity index (χ0) is 18.6. The third-order valence-electron chi connectivity index (χ3n) is 3.98. The van der Waals surface area contributed by atoms with Crippen LogP contribution in [-0.2, 0) is 0 Å². The van der Waals surface area contributed by atoms with Crippen molar-refractivity contribution in [1.29, 1.82) is 0 Å². The average Bonchev–Trinajstić information content (AvgIpc) is 2.64. The zero-order valence-corrected chi connectivity index (χ0v) is 16.8. The molecule has 3 heteroatoms. The van der Waals surface area contributed by atoms with Crippen molar-refractivity contribution in [3.05, 3.63) is 78.9 Å². The zero-order valence-electron chi connectivity index (χ0n) is 15.9. The molecule has 0 amide bonds. The molecule has 0 saturated heterocycles. The standard InChI is InChI=1S/C23H26NOP/c1-23(2,3)24-21-16-15-18(25-4)17-22(21)26(19-11-7-5-8-12-19)20-13-9-6-10-14-20/h5-17,24H,1-4H3. The van der Waals surface area contributed by atoms with Gasteiger partial charge in [0.05, 0.1) is 7.11 Å². The number of methoxy groups -OCH3 is 1. The molecule has 3 aromatic rings. The molecule has 0 heterocycles. The maximum atomic E-state index is 5.54. The van der Waals surface area contributed by atoms with Crippen LogP contribution < -0.4 is 26.0 Å². The van der Waals surface area contributed by atoms with Gasteiger partial charge in [-0.3, -0.25) is 0 Å². The van der Waals surface area contributed by atoms with Gasteiger partial charge >= 0.3 is 0 Å². The SMILES string of the molecule is COc1ccc(NC(C)(C)C)c(P(c2ccccc2)c2ccccc2)c1. The molecule has 0 aliphatic carbocycles. The van der Waals surface area contributed by atoms with E-state index in [0.29, 0.717) is 0 Å². The van der Waals surface area contributed by atoms with Crippen molar-refractivity contribution in [2.75, 3.05) is 12.4 Å². The van der Waals surface area contributed by atoms with Gasteiger partial charge in [0, 0.05) is 16.5 Å². The van der Waals surface area contributed by atoms with Gasteiger partial charge in [0.2, 0.25) is 0 Å². The molecule has 0 fully saturated rings. The lowest BCUT2D eigenvalue weighted by atomic mass is 10.1. The highest BCUT2D eigenvalue weighted by molar-refractivity contribution is 7.80. The van der Waals surface area contributed by atoms with E-state index < -0.39 is 7.92 Å². The van der Waals surface area contributed by atoms with Crippen LogP contribution in [0.4, 0.5) is 5.69 Å². The maximum absolute atomic E-state index is 5.54. The molecule has 2 nitrogen and oxygen atoms in total. The van der Waals surface area contributed by atoms with E-state index >= 15 is 0 Å². The summed E-state index contributed by atoms with van der Waals surface area (Å²) >= 11 is 0. The molecule has 0 spiro atoms. The number of ether oxygens (including phenoxy) is 1. The fourth-order valence-corrected chi connectivity index (χ4v) is 5.34. The quantitative estimate of drug-likeness (QED) is 0.666. The van der Waals surface area contributed by atoms with Gasteiger partial charge in [-0.05, 0) is 57.5 Å². The van der Waals surface area contributed by atoms with Crippen molar-refractivity contribution in [2.24, 2.45) is 0 Å². The Kier molecular flexibility index (Phi) is 5.64. The number of rotatable bonds is 5. The van der Waals surface area contributed by atoms with Gasteiger partial charge in [0.15, 0.2) is 0 Å². The molecule has 26 heavy (non-hydrogen) atoms. The lowest BCUT2D eigenvalue weighted by molar-refractivity contribution is 0.415. The van der Waals surface area contributed by atoms with Crippen LogP contribution in [0.2, 0.25) is 0 Å². The Hall–Kier alpha value is -2.31. The number of anilines is 1. The first-order chi connectivity index (χ1) is 12.5. The number of hydrogen-bond donors (Lipinski definition) is 1. The van der Waals surface area contributed by atoms with Crippen LogP contribution in [0.3, 0.4) is 0 Å². The van der Waals surface area contributed by atoms with Gasteiger partial charge in [-0.25, -0.2) is 0 Å². The molecular weight excluding hydrogens is 337 g/mol. The molecule has 0 unspecified atom stereocenters. The molecule has 0 saturated carbocycles. The third kappa shape index (κ3) is 4.45. The molecule has 0 radical (unpaired) electrons.